The van der Waals surface area contributed by atoms with Crippen molar-refractivity contribution in [2.75, 3.05) is 7.05 Å². The Labute approximate surface area is 136 Å². The molecule has 5 heteroatoms. The summed E-state index contributed by atoms with van der Waals surface area (Å²) in [6, 6.07) is 8.15. The second kappa shape index (κ2) is 7.07. The Balaban J connectivity index is 1.67. The van der Waals surface area contributed by atoms with Crippen LogP contribution in [0.2, 0.25) is 0 Å². The van der Waals surface area contributed by atoms with Gasteiger partial charge in [-0.05, 0) is 19.5 Å². The summed E-state index contributed by atoms with van der Waals surface area (Å²) in [5.41, 5.74) is 4.29. The summed E-state index contributed by atoms with van der Waals surface area (Å²) in [7, 11) is 2.05. The Morgan fingerprint density at radius 1 is 0.913 bits per heavy atom. The topological polar surface area (TPSA) is 54.8 Å². The molecule has 0 aliphatic heterocycles. The Morgan fingerprint density at radius 3 is 2.39 bits per heavy atom. The van der Waals surface area contributed by atoms with E-state index in [4.69, 9.17) is 0 Å². The van der Waals surface area contributed by atoms with Crippen molar-refractivity contribution in [2.45, 2.75) is 20.0 Å². The standard InChI is InChI=1S/C18H19N5/c1-14-5-3-4-6-17(14)18-21-9-15(10-22-18)12-23(2)13-16-11-19-7-8-20-16/h3-11H,12-13H2,1-2H3. The zero-order valence-electron chi connectivity index (χ0n) is 13.3. The Kier molecular flexibility index (Phi) is 4.68. The van der Waals surface area contributed by atoms with E-state index in [0.717, 1.165) is 35.7 Å². The fourth-order valence-electron chi connectivity index (χ4n) is 2.46. The van der Waals surface area contributed by atoms with Crippen molar-refractivity contribution in [2.24, 2.45) is 0 Å². The fourth-order valence-corrected chi connectivity index (χ4v) is 2.46. The lowest BCUT2D eigenvalue weighted by Crippen LogP contribution is -2.18. The predicted molar refractivity (Wildman–Crippen MR) is 89.4 cm³/mol. The molecule has 0 fully saturated rings. The maximum absolute atomic E-state index is 4.50. The number of nitrogens with zero attached hydrogens (tertiary/aromatic N) is 5. The molecule has 0 saturated heterocycles. The first kappa shape index (κ1) is 15.2. The molecular formula is C18H19N5. The monoisotopic (exact) mass is 305 g/mol. The third-order valence-corrected chi connectivity index (χ3v) is 3.59. The predicted octanol–water partition coefficient (Wildman–Crippen LogP) is 2.87. The van der Waals surface area contributed by atoms with E-state index in [0.29, 0.717) is 0 Å². The summed E-state index contributed by atoms with van der Waals surface area (Å²) >= 11 is 0. The molecule has 3 rings (SSSR count). The first-order chi connectivity index (χ1) is 11.2. The second-order valence-corrected chi connectivity index (χ2v) is 5.60. The van der Waals surface area contributed by atoms with Crippen molar-refractivity contribution >= 4 is 0 Å². The summed E-state index contributed by atoms with van der Waals surface area (Å²) in [6.45, 7) is 3.58. The van der Waals surface area contributed by atoms with Crippen LogP contribution in [0.25, 0.3) is 11.4 Å². The number of aromatic nitrogens is 4. The van der Waals surface area contributed by atoms with Crippen LogP contribution in [0.15, 0.2) is 55.2 Å². The average molecular weight is 305 g/mol. The van der Waals surface area contributed by atoms with Crippen LogP contribution in [-0.4, -0.2) is 31.9 Å². The van der Waals surface area contributed by atoms with Crippen LogP contribution in [0, 0.1) is 6.92 Å². The van der Waals surface area contributed by atoms with E-state index in [1.807, 2.05) is 37.6 Å². The maximum Gasteiger partial charge on any atom is 0.159 e. The Hall–Kier alpha value is -2.66. The zero-order valence-corrected chi connectivity index (χ0v) is 13.3. The van der Waals surface area contributed by atoms with E-state index in [-0.39, 0.29) is 0 Å². The van der Waals surface area contributed by atoms with Gasteiger partial charge in [0.15, 0.2) is 5.82 Å². The quantitative estimate of drug-likeness (QED) is 0.725. The SMILES string of the molecule is Cc1ccccc1-c1ncc(CN(C)Cc2cnccn2)cn1. The molecule has 23 heavy (non-hydrogen) atoms. The smallest absolute Gasteiger partial charge is 0.159 e. The summed E-state index contributed by atoms with van der Waals surface area (Å²) in [5, 5.41) is 0. The molecule has 0 aliphatic carbocycles. The lowest BCUT2D eigenvalue weighted by atomic mass is 10.1. The van der Waals surface area contributed by atoms with Crippen LogP contribution in [0.3, 0.4) is 0 Å². The molecule has 0 N–H and O–H groups in total. The summed E-state index contributed by atoms with van der Waals surface area (Å²) in [4.78, 5) is 19.5. The van der Waals surface area contributed by atoms with Crippen molar-refractivity contribution in [3.05, 3.63) is 72.1 Å². The molecule has 0 radical (unpaired) electrons. The van der Waals surface area contributed by atoms with E-state index in [1.165, 1.54) is 5.56 Å². The molecular weight excluding hydrogens is 286 g/mol. The van der Waals surface area contributed by atoms with Gasteiger partial charge in [-0.15, -0.1) is 0 Å². The van der Waals surface area contributed by atoms with Crippen molar-refractivity contribution in [1.82, 2.24) is 24.8 Å². The molecule has 0 spiro atoms. The van der Waals surface area contributed by atoms with Crippen LogP contribution in [0.5, 0.6) is 0 Å². The highest BCUT2D eigenvalue weighted by molar-refractivity contribution is 5.59. The van der Waals surface area contributed by atoms with Gasteiger partial charge in [-0.25, -0.2) is 9.97 Å². The summed E-state index contributed by atoms with van der Waals surface area (Å²) in [6.07, 6.45) is 8.96. The van der Waals surface area contributed by atoms with Gasteiger partial charge in [0.2, 0.25) is 0 Å². The van der Waals surface area contributed by atoms with Gasteiger partial charge in [-0.3, -0.25) is 14.9 Å². The molecule has 1 aromatic carbocycles. The lowest BCUT2D eigenvalue weighted by Gasteiger charge is -2.15. The molecule has 3 aromatic rings. The van der Waals surface area contributed by atoms with E-state index in [1.54, 1.807) is 18.6 Å². The minimum absolute atomic E-state index is 0.743. The fraction of sp³-hybridized carbons (Fsp3) is 0.222. The van der Waals surface area contributed by atoms with Crippen LogP contribution >= 0.6 is 0 Å². The highest BCUT2D eigenvalue weighted by Crippen LogP contribution is 2.18. The van der Waals surface area contributed by atoms with Gasteiger partial charge in [-0.1, -0.05) is 24.3 Å². The molecule has 2 aromatic heterocycles. The Morgan fingerprint density at radius 2 is 1.70 bits per heavy atom. The summed E-state index contributed by atoms with van der Waals surface area (Å²) < 4.78 is 0. The molecule has 5 nitrogen and oxygen atoms in total. The Bertz CT molecular complexity index is 756. The number of benzene rings is 1. The minimum atomic E-state index is 0.743. The zero-order chi connectivity index (χ0) is 16.1. The molecule has 0 saturated carbocycles. The van der Waals surface area contributed by atoms with Crippen LogP contribution in [0.1, 0.15) is 16.8 Å². The average Bonchev–Trinajstić information content (AvgIpc) is 2.57. The number of aryl methyl sites for hydroxylation is 1. The van der Waals surface area contributed by atoms with Crippen LogP contribution in [-0.2, 0) is 13.1 Å². The summed E-state index contributed by atoms with van der Waals surface area (Å²) in [5.74, 6) is 0.767. The van der Waals surface area contributed by atoms with Gasteiger partial charge in [0.1, 0.15) is 0 Å². The third-order valence-electron chi connectivity index (χ3n) is 3.59. The van der Waals surface area contributed by atoms with Gasteiger partial charge in [0.05, 0.1) is 5.69 Å². The molecule has 0 bridgehead atoms. The lowest BCUT2D eigenvalue weighted by molar-refractivity contribution is 0.314. The van der Waals surface area contributed by atoms with E-state index in [9.17, 15) is 0 Å². The van der Waals surface area contributed by atoms with Crippen molar-refractivity contribution in [3.8, 4) is 11.4 Å². The number of hydrogen-bond acceptors (Lipinski definition) is 5. The van der Waals surface area contributed by atoms with E-state index >= 15 is 0 Å². The number of hydrogen-bond donors (Lipinski definition) is 0. The van der Waals surface area contributed by atoms with E-state index in [2.05, 4.69) is 37.8 Å². The van der Waals surface area contributed by atoms with Crippen molar-refractivity contribution < 1.29 is 0 Å². The van der Waals surface area contributed by atoms with Crippen molar-refractivity contribution in [1.29, 1.82) is 0 Å². The normalized spacial score (nSPS) is 10.9. The maximum atomic E-state index is 4.50. The van der Waals surface area contributed by atoms with Gasteiger partial charge < -0.3 is 0 Å². The molecule has 2 heterocycles. The molecule has 0 atom stereocenters. The first-order valence-corrected chi connectivity index (χ1v) is 7.53. The van der Waals surface area contributed by atoms with Gasteiger partial charge in [0.25, 0.3) is 0 Å². The molecule has 0 aliphatic rings. The second-order valence-electron chi connectivity index (χ2n) is 5.60. The molecule has 116 valence electrons. The van der Waals surface area contributed by atoms with Crippen molar-refractivity contribution in [3.63, 3.8) is 0 Å². The molecule has 0 amide bonds. The minimum Gasteiger partial charge on any atom is -0.296 e. The third kappa shape index (κ3) is 3.96. The molecule has 0 unspecified atom stereocenters. The highest BCUT2D eigenvalue weighted by Gasteiger charge is 2.06. The first-order valence-electron chi connectivity index (χ1n) is 7.53. The van der Waals surface area contributed by atoms with Gasteiger partial charge in [0, 0.05) is 55.2 Å². The van der Waals surface area contributed by atoms with Crippen LogP contribution in [0.4, 0.5) is 0 Å². The van der Waals surface area contributed by atoms with Gasteiger partial charge in [-0.2, -0.15) is 0 Å². The number of rotatable bonds is 5. The highest BCUT2D eigenvalue weighted by atomic mass is 15.1. The largest absolute Gasteiger partial charge is 0.296 e. The van der Waals surface area contributed by atoms with E-state index < -0.39 is 0 Å². The van der Waals surface area contributed by atoms with Gasteiger partial charge >= 0.3 is 0 Å². The van der Waals surface area contributed by atoms with Crippen LogP contribution < -0.4 is 0 Å².